The highest BCUT2D eigenvalue weighted by atomic mass is 32.1. The molecular weight excluding hydrogens is 594 g/mol. The lowest BCUT2D eigenvalue weighted by molar-refractivity contribution is -0.154. The van der Waals surface area contributed by atoms with E-state index in [1.54, 1.807) is 25.2 Å². The molecule has 5 N–H and O–H groups in total. The summed E-state index contributed by atoms with van der Waals surface area (Å²) < 4.78 is 11.4. The molecule has 3 heterocycles. The minimum Gasteiger partial charge on any atom is -0.462 e. The molecule has 0 saturated carbocycles. The number of ketones is 1. The molecule has 0 aromatic carbocycles. The number of nitrogens with zero attached hydrogens (tertiary/aromatic N) is 1. The van der Waals surface area contributed by atoms with Gasteiger partial charge in [-0.05, 0) is 64.6 Å². The van der Waals surface area contributed by atoms with E-state index in [9.17, 15) is 14.7 Å². The van der Waals surface area contributed by atoms with Crippen LogP contribution in [0.25, 0.3) is 6.08 Å². The lowest BCUT2D eigenvalue weighted by Gasteiger charge is -2.35. The molecule has 2 fully saturated rings. The molecule has 4 unspecified atom stereocenters. The monoisotopic (exact) mass is 655 g/mol. The number of epoxide rings is 1. The normalized spacial score (nSPS) is 30.3. The van der Waals surface area contributed by atoms with Gasteiger partial charge in [-0.3, -0.25) is 9.59 Å². The maximum absolute atomic E-state index is 13.1. The third-order valence-electron chi connectivity index (χ3n) is 8.92. The molecule has 11 heteroatoms. The average molecular weight is 656 g/mol. The number of Topliss-reactive ketones (excluding diaryl/α,β-unsaturated/α-hetero) is 1. The molecule has 0 aliphatic carbocycles. The fourth-order valence-electron chi connectivity index (χ4n) is 5.44. The molecule has 0 spiro atoms. The van der Waals surface area contributed by atoms with E-state index in [2.05, 4.69) is 36.5 Å². The van der Waals surface area contributed by atoms with E-state index in [-0.39, 0.29) is 41.8 Å². The summed E-state index contributed by atoms with van der Waals surface area (Å²) in [7, 11) is 1.00. The molecule has 3 rings (SSSR count). The number of carbonyl (C=O) groups is 3. The lowest BCUT2D eigenvalue weighted by atomic mass is 9.70. The number of esters is 1. The Hall–Kier alpha value is -2.02. The number of nitrogens with one attached hydrogen (secondary N) is 1. The van der Waals surface area contributed by atoms with Crippen LogP contribution in [0.2, 0.25) is 0 Å². The second-order valence-corrected chi connectivity index (χ2v) is 13.7. The third-order valence-corrected chi connectivity index (χ3v) is 9.78. The molecule has 45 heavy (non-hydrogen) atoms. The van der Waals surface area contributed by atoms with Crippen LogP contribution in [0.4, 0.5) is 0 Å². The predicted octanol–water partition coefficient (Wildman–Crippen LogP) is 4.94. The summed E-state index contributed by atoms with van der Waals surface area (Å²) in [6, 6.07) is 0. The van der Waals surface area contributed by atoms with E-state index in [4.69, 9.17) is 25.1 Å². The summed E-state index contributed by atoms with van der Waals surface area (Å²) in [4.78, 5) is 37.8. The van der Waals surface area contributed by atoms with Gasteiger partial charge in [-0.15, -0.1) is 11.3 Å². The van der Waals surface area contributed by atoms with Crippen molar-refractivity contribution in [3.8, 4) is 0 Å². The van der Waals surface area contributed by atoms with Gasteiger partial charge in [0.05, 0.1) is 35.3 Å². The number of cyclic esters (lactones) is 1. The molecule has 10 nitrogen and oxygen atoms in total. The minimum atomic E-state index is -1.05. The van der Waals surface area contributed by atoms with E-state index in [0.717, 1.165) is 63.1 Å². The first kappa shape index (κ1) is 43.0. The molecule has 7 atom stereocenters. The van der Waals surface area contributed by atoms with Crippen LogP contribution in [-0.2, 0) is 30.4 Å². The Labute approximate surface area is 275 Å². The Morgan fingerprint density at radius 3 is 2.42 bits per heavy atom. The number of hydrogen-bond donors (Lipinski definition) is 4. The van der Waals surface area contributed by atoms with Gasteiger partial charge in [-0.25, -0.2) is 4.98 Å². The highest BCUT2D eigenvalue weighted by molar-refractivity contribution is 7.09. The third kappa shape index (κ3) is 14.5. The van der Waals surface area contributed by atoms with Crippen LogP contribution in [0.1, 0.15) is 105 Å². The van der Waals surface area contributed by atoms with Crippen LogP contribution < -0.4 is 11.1 Å². The highest BCUT2D eigenvalue weighted by Gasteiger charge is 2.52. The first-order chi connectivity index (χ1) is 21.2. The van der Waals surface area contributed by atoms with Crippen molar-refractivity contribution in [3.05, 3.63) is 22.2 Å². The van der Waals surface area contributed by atoms with Gasteiger partial charge in [-0.1, -0.05) is 53.5 Å². The van der Waals surface area contributed by atoms with Crippen LogP contribution >= 0.6 is 11.3 Å². The van der Waals surface area contributed by atoms with Gasteiger partial charge < -0.3 is 35.5 Å². The molecule has 0 radical (unpaired) electrons. The molecule has 2 aliphatic heterocycles. The van der Waals surface area contributed by atoms with Crippen molar-refractivity contribution in [2.45, 2.75) is 124 Å². The number of rotatable bonds is 6. The van der Waals surface area contributed by atoms with E-state index in [1.165, 1.54) is 0 Å². The molecule has 0 amide bonds. The average Bonchev–Trinajstić information content (AvgIpc) is 3.41. The topological polar surface area (TPSA) is 164 Å². The summed E-state index contributed by atoms with van der Waals surface area (Å²) in [6.45, 7) is 20.3. The van der Waals surface area contributed by atoms with Crippen LogP contribution in [0.5, 0.6) is 0 Å². The highest BCUT2D eigenvalue weighted by Crippen LogP contribution is 2.44. The fraction of sp³-hybridized carbons (Fsp3) is 0.765. The Morgan fingerprint density at radius 1 is 1.18 bits per heavy atom. The van der Waals surface area contributed by atoms with Gasteiger partial charge in [0.1, 0.15) is 23.7 Å². The van der Waals surface area contributed by atoms with Crippen LogP contribution in [0, 0.1) is 23.2 Å². The van der Waals surface area contributed by atoms with Crippen LogP contribution in [0.3, 0.4) is 0 Å². The van der Waals surface area contributed by atoms with E-state index < -0.39 is 17.5 Å². The van der Waals surface area contributed by atoms with Crippen LogP contribution in [0.15, 0.2) is 11.5 Å². The standard InChI is InChI=1S/C22H38O5.C10H17N3S.CH4O.CH2O/c1-13-9-8-10-22(7)18(27-22)11-14(2)26-19(24)12-17(23)21(5,6)20(25)16(4)15(13)3;1-2-4-9-8-14-10(13-9)7-12-6-3-5-11;2*1-2/h13-18,23H,8-12H2,1-7H3;2,4,8,12H,3,5-7,11H2,1H3;2H,1H3;1H2/b;4-2-;;/t13?,14?,15-,16?,17?,18-,22+;;;/m0.../s1. The van der Waals surface area contributed by atoms with Gasteiger partial charge in [0, 0.05) is 31.4 Å². The van der Waals surface area contributed by atoms with Crippen molar-refractivity contribution in [3.63, 3.8) is 0 Å². The Balaban J connectivity index is 0.000000904. The molecule has 2 aliphatic rings. The van der Waals surface area contributed by atoms with Crippen molar-refractivity contribution in [1.29, 1.82) is 0 Å². The fourth-order valence-corrected chi connectivity index (χ4v) is 6.17. The molecular formula is C34H61N3O7S. The van der Waals surface area contributed by atoms with E-state index in [0.29, 0.717) is 12.3 Å². The molecule has 2 saturated heterocycles. The second kappa shape index (κ2) is 21.7. The number of hydrogen-bond acceptors (Lipinski definition) is 11. The minimum absolute atomic E-state index is 0.0137. The maximum atomic E-state index is 13.1. The zero-order valence-corrected chi connectivity index (χ0v) is 30.0. The number of ether oxygens (including phenoxy) is 2. The summed E-state index contributed by atoms with van der Waals surface area (Å²) >= 11 is 1.69. The quantitative estimate of drug-likeness (QED) is 0.187. The van der Waals surface area contributed by atoms with Crippen molar-refractivity contribution < 1.29 is 34.1 Å². The first-order valence-electron chi connectivity index (χ1n) is 16.1. The number of aliphatic hydroxyl groups is 2. The number of fused-ring (bicyclic) bond motifs is 1. The summed E-state index contributed by atoms with van der Waals surface area (Å²) in [6.07, 6.45) is 7.45. The first-order valence-corrected chi connectivity index (χ1v) is 16.9. The van der Waals surface area contributed by atoms with Gasteiger partial charge in [0.25, 0.3) is 0 Å². The number of carbonyl (C=O) groups excluding carboxylic acids is 3. The van der Waals surface area contributed by atoms with Gasteiger partial charge in [0.2, 0.25) is 0 Å². The molecule has 260 valence electrons. The predicted molar refractivity (Wildman–Crippen MR) is 182 cm³/mol. The van der Waals surface area contributed by atoms with Crippen molar-refractivity contribution in [2.24, 2.45) is 28.9 Å². The van der Waals surface area contributed by atoms with E-state index >= 15 is 0 Å². The number of aliphatic hydroxyl groups excluding tert-OH is 2. The summed E-state index contributed by atoms with van der Waals surface area (Å²) in [5, 5.41) is 24.1. The zero-order chi connectivity index (χ0) is 34.8. The molecule has 1 aromatic rings. The maximum Gasteiger partial charge on any atom is 0.308 e. The number of thiazole rings is 1. The SMILES string of the molecule is C/C=C\c1csc(CNCCCN)n1.C=O.CC1C[C@@H]2O[C@]2(C)CCCC(C)[C@H](C)C(C)C(=O)C(C)(C)C(O)CC(=O)O1.CO. The molecule has 0 bridgehead atoms. The Bertz CT molecular complexity index is 1020. The number of allylic oxidation sites excluding steroid dienone is 1. The van der Waals surface area contributed by atoms with Crippen molar-refractivity contribution in [2.75, 3.05) is 20.2 Å². The number of aromatic nitrogens is 1. The smallest absolute Gasteiger partial charge is 0.308 e. The van der Waals surface area contributed by atoms with Gasteiger partial charge in [-0.2, -0.15) is 0 Å². The van der Waals surface area contributed by atoms with Crippen LogP contribution in [-0.4, -0.2) is 77.9 Å². The Morgan fingerprint density at radius 2 is 1.82 bits per heavy atom. The lowest BCUT2D eigenvalue weighted by Crippen LogP contribution is -2.44. The Kier molecular flexibility index (Phi) is 20.7. The second-order valence-electron chi connectivity index (χ2n) is 12.8. The largest absolute Gasteiger partial charge is 0.462 e. The van der Waals surface area contributed by atoms with E-state index in [1.807, 2.05) is 39.7 Å². The van der Waals surface area contributed by atoms with Crippen molar-refractivity contribution >= 4 is 36.0 Å². The summed E-state index contributed by atoms with van der Waals surface area (Å²) in [5.41, 5.74) is 5.34. The summed E-state index contributed by atoms with van der Waals surface area (Å²) in [5.74, 6) is 0.00862. The molecule has 1 aromatic heterocycles. The number of nitrogens with two attached hydrogens (primary N) is 1. The van der Waals surface area contributed by atoms with Crippen molar-refractivity contribution in [1.82, 2.24) is 10.3 Å². The van der Waals surface area contributed by atoms with Gasteiger partial charge >= 0.3 is 5.97 Å². The zero-order valence-electron chi connectivity index (χ0n) is 29.1. The van der Waals surface area contributed by atoms with Gasteiger partial charge in [0.15, 0.2) is 0 Å².